The molecule has 0 saturated heterocycles. The molecule has 0 saturated carbocycles. The van der Waals surface area contributed by atoms with Gasteiger partial charge in [0, 0.05) is 24.8 Å². The van der Waals surface area contributed by atoms with Gasteiger partial charge in [-0.15, -0.1) is 0 Å². The molecule has 0 aromatic heterocycles. The Hall–Kier alpha value is -3.26. The molecule has 2 aromatic carbocycles. The molecule has 3 rings (SSSR count). The molecule has 5 heteroatoms. The Morgan fingerprint density at radius 2 is 1.89 bits per heavy atom. The van der Waals surface area contributed by atoms with E-state index in [9.17, 15) is 4.79 Å². The predicted molar refractivity (Wildman–Crippen MR) is 105 cm³/mol. The summed E-state index contributed by atoms with van der Waals surface area (Å²) in [5, 5.41) is 8.65. The van der Waals surface area contributed by atoms with E-state index in [0.29, 0.717) is 22.8 Å². The SMILES string of the molecule is CCN(CC)c1ccc(/C=C2\Oc3cc(OCC#N)cc(C)c3C2=O)cc1. The van der Waals surface area contributed by atoms with Crippen LogP contribution in [0.5, 0.6) is 11.5 Å². The topological polar surface area (TPSA) is 62.6 Å². The molecule has 1 heterocycles. The van der Waals surface area contributed by atoms with Crippen LogP contribution in [0.2, 0.25) is 0 Å². The molecule has 1 aliphatic rings. The third-order valence-corrected chi connectivity index (χ3v) is 4.57. The Bertz CT molecular complexity index is 920. The van der Waals surface area contributed by atoms with Gasteiger partial charge in [-0.05, 0) is 56.2 Å². The normalized spacial score (nSPS) is 13.9. The minimum Gasteiger partial charge on any atom is -0.479 e. The maximum atomic E-state index is 12.7. The first-order valence-electron chi connectivity index (χ1n) is 9.01. The van der Waals surface area contributed by atoms with Gasteiger partial charge < -0.3 is 14.4 Å². The smallest absolute Gasteiger partial charge is 0.232 e. The number of fused-ring (bicyclic) bond motifs is 1. The lowest BCUT2D eigenvalue weighted by atomic mass is 10.0. The Morgan fingerprint density at radius 3 is 2.52 bits per heavy atom. The zero-order valence-electron chi connectivity index (χ0n) is 15.8. The van der Waals surface area contributed by atoms with Gasteiger partial charge in [-0.2, -0.15) is 5.26 Å². The summed E-state index contributed by atoms with van der Waals surface area (Å²) >= 11 is 0. The molecular formula is C22H22N2O3. The summed E-state index contributed by atoms with van der Waals surface area (Å²) in [6.45, 7) is 7.93. The zero-order chi connectivity index (χ0) is 19.4. The largest absolute Gasteiger partial charge is 0.479 e. The van der Waals surface area contributed by atoms with Gasteiger partial charge in [-0.25, -0.2) is 0 Å². The van der Waals surface area contributed by atoms with Crippen molar-refractivity contribution in [1.82, 2.24) is 0 Å². The summed E-state index contributed by atoms with van der Waals surface area (Å²) in [5.41, 5.74) is 3.37. The van der Waals surface area contributed by atoms with Crippen LogP contribution in [0.3, 0.4) is 0 Å². The van der Waals surface area contributed by atoms with E-state index in [1.807, 2.05) is 37.3 Å². The highest BCUT2D eigenvalue weighted by atomic mass is 16.5. The molecule has 0 bridgehead atoms. The van der Waals surface area contributed by atoms with Crippen LogP contribution in [0.4, 0.5) is 5.69 Å². The van der Waals surface area contributed by atoms with E-state index in [1.165, 1.54) is 0 Å². The number of aryl methyl sites for hydroxylation is 1. The molecule has 0 aliphatic carbocycles. The molecule has 2 aromatic rings. The molecule has 0 unspecified atom stereocenters. The van der Waals surface area contributed by atoms with Crippen molar-refractivity contribution in [1.29, 1.82) is 5.26 Å². The summed E-state index contributed by atoms with van der Waals surface area (Å²) in [4.78, 5) is 15.0. The van der Waals surface area contributed by atoms with Crippen molar-refractivity contribution in [3.63, 3.8) is 0 Å². The second-order valence-corrected chi connectivity index (χ2v) is 6.26. The van der Waals surface area contributed by atoms with Crippen molar-refractivity contribution >= 4 is 17.5 Å². The second kappa shape index (κ2) is 7.96. The Labute approximate surface area is 159 Å². The summed E-state index contributed by atoms with van der Waals surface area (Å²) in [6, 6.07) is 13.4. The average Bonchev–Trinajstić information content (AvgIpc) is 2.98. The van der Waals surface area contributed by atoms with Gasteiger partial charge in [0.1, 0.15) is 17.6 Å². The summed E-state index contributed by atoms with van der Waals surface area (Å²) in [6.07, 6.45) is 1.75. The number of anilines is 1. The maximum absolute atomic E-state index is 12.7. The third kappa shape index (κ3) is 3.80. The van der Waals surface area contributed by atoms with E-state index < -0.39 is 0 Å². The van der Waals surface area contributed by atoms with Crippen molar-refractivity contribution in [2.24, 2.45) is 0 Å². The standard InChI is InChI=1S/C22H22N2O3/c1-4-24(5-2)17-8-6-16(7-9-17)13-20-22(25)21-15(3)12-18(26-11-10-23)14-19(21)27-20/h6-9,12-14H,4-5,11H2,1-3H3/b20-13-. The fraction of sp³-hybridized carbons (Fsp3) is 0.273. The average molecular weight is 362 g/mol. The van der Waals surface area contributed by atoms with Crippen LogP contribution in [0.15, 0.2) is 42.2 Å². The van der Waals surface area contributed by atoms with Gasteiger partial charge in [0.2, 0.25) is 5.78 Å². The summed E-state index contributed by atoms with van der Waals surface area (Å²) in [7, 11) is 0. The number of nitrogens with zero attached hydrogens (tertiary/aromatic N) is 2. The molecule has 0 fully saturated rings. The Kier molecular flexibility index (Phi) is 5.46. The van der Waals surface area contributed by atoms with Crippen molar-refractivity contribution in [3.05, 3.63) is 58.8 Å². The number of carbonyl (C=O) groups is 1. The van der Waals surface area contributed by atoms with Crippen molar-refractivity contribution < 1.29 is 14.3 Å². The molecule has 138 valence electrons. The molecule has 0 atom stereocenters. The number of ether oxygens (including phenoxy) is 2. The lowest BCUT2D eigenvalue weighted by molar-refractivity contribution is 0.101. The van der Waals surface area contributed by atoms with Gasteiger partial charge in [0.15, 0.2) is 12.4 Å². The molecule has 0 amide bonds. The molecule has 0 N–H and O–H groups in total. The van der Waals surface area contributed by atoms with Crippen LogP contribution in [0, 0.1) is 18.3 Å². The van der Waals surface area contributed by atoms with Gasteiger partial charge >= 0.3 is 0 Å². The van der Waals surface area contributed by atoms with Crippen LogP contribution < -0.4 is 14.4 Å². The highest BCUT2D eigenvalue weighted by Crippen LogP contribution is 2.37. The molecule has 1 aliphatic heterocycles. The molecule has 27 heavy (non-hydrogen) atoms. The second-order valence-electron chi connectivity index (χ2n) is 6.26. The fourth-order valence-electron chi connectivity index (χ4n) is 3.20. The van der Waals surface area contributed by atoms with Crippen molar-refractivity contribution in [3.8, 4) is 17.6 Å². The van der Waals surface area contributed by atoms with Crippen molar-refractivity contribution in [2.45, 2.75) is 20.8 Å². The number of Topliss-reactive ketones (excluding diaryl/α,β-unsaturated/α-hetero) is 1. The van der Waals surface area contributed by atoms with E-state index in [0.717, 1.165) is 29.9 Å². The summed E-state index contributed by atoms with van der Waals surface area (Å²) in [5.74, 6) is 1.15. The van der Waals surface area contributed by atoms with E-state index in [1.54, 1.807) is 18.2 Å². The number of hydrogen-bond acceptors (Lipinski definition) is 5. The van der Waals surface area contributed by atoms with Gasteiger partial charge in [0.05, 0.1) is 5.56 Å². The highest BCUT2D eigenvalue weighted by Gasteiger charge is 2.30. The van der Waals surface area contributed by atoms with E-state index in [-0.39, 0.29) is 12.4 Å². The number of nitriles is 1. The van der Waals surface area contributed by atoms with Gasteiger partial charge in [0.25, 0.3) is 0 Å². The fourth-order valence-corrected chi connectivity index (χ4v) is 3.20. The zero-order valence-corrected chi connectivity index (χ0v) is 15.8. The highest BCUT2D eigenvalue weighted by molar-refractivity contribution is 6.15. The predicted octanol–water partition coefficient (Wildman–Crippen LogP) is 4.36. The van der Waals surface area contributed by atoms with E-state index >= 15 is 0 Å². The lowest BCUT2D eigenvalue weighted by Gasteiger charge is -2.20. The van der Waals surface area contributed by atoms with Gasteiger partial charge in [-0.1, -0.05) is 12.1 Å². The third-order valence-electron chi connectivity index (χ3n) is 4.57. The summed E-state index contributed by atoms with van der Waals surface area (Å²) < 4.78 is 11.1. The van der Waals surface area contributed by atoms with Crippen LogP contribution in [0.1, 0.15) is 35.3 Å². The molecule has 0 radical (unpaired) electrons. The molecule has 0 spiro atoms. The van der Waals surface area contributed by atoms with Crippen LogP contribution in [-0.2, 0) is 0 Å². The molecular weight excluding hydrogens is 340 g/mol. The number of ketones is 1. The number of allylic oxidation sites excluding steroid dienone is 1. The Morgan fingerprint density at radius 1 is 1.19 bits per heavy atom. The van der Waals surface area contributed by atoms with Crippen LogP contribution in [0.25, 0.3) is 6.08 Å². The maximum Gasteiger partial charge on any atom is 0.232 e. The van der Waals surface area contributed by atoms with Crippen molar-refractivity contribution in [2.75, 3.05) is 24.6 Å². The number of carbonyl (C=O) groups excluding carboxylic acids is 1. The van der Waals surface area contributed by atoms with Crippen LogP contribution in [-0.4, -0.2) is 25.5 Å². The lowest BCUT2D eigenvalue weighted by Crippen LogP contribution is -2.21. The van der Waals surface area contributed by atoms with E-state index in [4.69, 9.17) is 14.7 Å². The first kappa shape index (κ1) is 18.5. The number of hydrogen-bond donors (Lipinski definition) is 0. The Balaban J connectivity index is 1.85. The first-order chi connectivity index (χ1) is 13.1. The quantitative estimate of drug-likeness (QED) is 0.715. The number of benzene rings is 2. The monoisotopic (exact) mass is 362 g/mol. The van der Waals surface area contributed by atoms with E-state index in [2.05, 4.69) is 18.7 Å². The first-order valence-corrected chi connectivity index (χ1v) is 9.01. The number of rotatable bonds is 6. The minimum atomic E-state index is -0.137. The molecule has 5 nitrogen and oxygen atoms in total. The van der Waals surface area contributed by atoms with Gasteiger partial charge in [-0.3, -0.25) is 4.79 Å². The minimum absolute atomic E-state index is 0.0479. The van der Waals surface area contributed by atoms with Crippen LogP contribution >= 0.6 is 0 Å².